The molecule has 1 heterocycles. The number of carbonyl (C=O) groups excluding carboxylic acids is 2. The highest BCUT2D eigenvalue weighted by Gasteiger charge is 2.20. The largest absolute Gasteiger partial charge is 0.342 e. The van der Waals surface area contributed by atoms with E-state index in [0.29, 0.717) is 31.7 Å². The number of rotatable bonds is 2. The monoisotopic (exact) mass is 296 g/mol. The molecule has 0 aromatic heterocycles. The van der Waals surface area contributed by atoms with E-state index < -0.39 is 0 Å². The Balaban J connectivity index is 2.01. The van der Waals surface area contributed by atoms with Gasteiger partial charge in [0.1, 0.15) is 0 Å². The maximum Gasteiger partial charge on any atom is 0.253 e. The van der Waals surface area contributed by atoms with E-state index in [-0.39, 0.29) is 5.91 Å². The zero-order chi connectivity index (χ0) is 12.3. The smallest absolute Gasteiger partial charge is 0.253 e. The van der Waals surface area contributed by atoms with Crippen molar-refractivity contribution in [2.45, 2.75) is 0 Å². The van der Waals surface area contributed by atoms with E-state index in [4.69, 9.17) is 0 Å². The minimum Gasteiger partial charge on any atom is -0.342 e. The third-order valence-electron chi connectivity index (χ3n) is 2.84. The van der Waals surface area contributed by atoms with Gasteiger partial charge in [0.2, 0.25) is 6.41 Å². The van der Waals surface area contributed by atoms with Gasteiger partial charge in [0.25, 0.3) is 5.91 Å². The molecule has 2 amide bonds. The summed E-state index contributed by atoms with van der Waals surface area (Å²) in [4.78, 5) is 26.1. The van der Waals surface area contributed by atoms with Gasteiger partial charge in [-0.25, -0.2) is 0 Å². The van der Waals surface area contributed by atoms with Crippen LogP contribution in [0.2, 0.25) is 0 Å². The summed E-state index contributed by atoms with van der Waals surface area (Å²) in [6.45, 7) is 2.44. The molecule has 1 fully saturated rings. The van der Waals surface area contributed by atoms with Gasteiger partial charge in [0.05, 0.1) is 0 Å². The molecule has 0 spiro atoms. The molecule has 5 heteroatoms. The molecule has 2 rings (SSSR count). The summed E-state index contributed by atoms with van der Waals surface area (Å²) in [5.41, 5.74) is 0.688. The molecule has 17 heavy (non-hydrogen) atoms. The van der Waals surface area contributed by atoms with Crippen LogP contribution < -0.4 is 0 Å². The van der Waals surface area contributed by atoms with Crippen molar-refractivity contribution in [1.82, 2.24) is 9.80 Å². The topological polar surface area (TPSA) is 40.6 Å². The van der Waals surface area contributed by atoms with Gasteiger partial charge < -0.3 is 9.80 Å². The van der Waals surface area contributed by atoms with Crippen LogP contribution in [0, 0.1) is 0 Å². The molecule has 1 saturated heterocycles. The third-order valence-corrected chi connectivity index (χ3v) is 3.37. The second kappa shape index (κ2) is 5.31. The molecule has 0 N–H and O–H groups in total. The first-order valence-electron chi connectivity index (χ1n) is 5.45. The van der Waals surface area contributed by atoms with Crippen LogP contribution in [0.1, 0.15) is 10.4 Å². The fourth-order valence-electron chi connectivity index (χ4n) is 1.81. The van der Waals surface area contributed by atoms with Crippen LogP contribution in [0.25, 0.3) is 0 Å². The van der Waals surface area contributed by atoms with Crippen molar-refractivity contribution < 1.29 is 9.59 Å². The van der Waals surface area contributed by atoms with Gasteiger partial charge in [-0.15, -0.1) is 0 Å². The summed E-state index contributed by atoms with van der Waals surface area (Å²) >= 11 is 3.34. The van der Waals surface area contributed by atoms with Crippen molar-refractivity contribution in [3.8, 4) is 0 Å². The van der Waals surface area contributed by atoms with Crippen LogP contribution in [0.5, 0.6) is 0 Å². The number of nitrogens with zero attached hydrogens (tertiary/aromatic N) is 2. The number of hydrogen-bond acceptors (Lipinski definition) is 2. The Morgan fingerprint density at radius 1 is 1.12 bits per heavy atom. The van der Waals surface area contributed by atoms with Crippen LogP contribution in [-0.2, 0) is 4.79 Å². The van der Waals surface area contributed by atoms with Crippen molar-refractivity contribution in [2.75, 3.05) is 26.2 Å². The van der Waals surface area contributed by atoms with Crippen LogP contribution in [-0.4, -0.2) is 48.3 Å². The number of amides is 2. The molecule has 0 saturated carbocycles. The zero-order valence-electron chi connectivity index (χ0n) is 9.30. The second-order valence-corrected chi connectivity index (χ2v) is 4.86. The highest BCUT2D eigenvalue weighted by Crippen LogP contribution is 2.13. The standard InChI is InChI=1S/C12H13BrN2O2/c13-11-3-1-10(2-4-11)12(17)15-7-5-14(9-16)6-8-15/h1-4,9H,5-8H2. The highest BCUT2D eigenvalue weighted by atomic mass is 79.9. The minimum atomic E-state index is 0.0306. The van der Waals surface area contributed by atoms with Gasteiger partial charge in [-0.2, -0.15) is 0 Å². The molecule has 1 aromatic carbocycles. The van der Waals surface area contributed by atoms with Gasteiger partial charge in [0, 0.05) is 36.2 Å². The lowest BCUT2D eigenvalue weighted by molar-refractivity contribution is -0.119. The summed E-state index contributed by atoms with van der Waals surface area (Å²) in [6.07, 6.45) is 0.835. The third kappa shape index (κ3) is 2.85. The van der Waals surface area contributed by atoms with Crippen molar-refractivity contribution in [3.05, 3.63) is 34.3 Å². The first-order chi connectivity index (χ1) is 8.20. The predicted molar refractivity (Wildman–Crippen MR) is 67.7 cm³/mol. The maximum atomic E-state index is 12.1. The average molecular weight is 297 g/mol. The van der Waals surface area contributed by atoms with Gasteiger partial charge >= 0.3 is 0 Å². The number of hydrogen-bond donors (Lipinski definition) is 0. The summed E-state index contributed by atoms with van der Waals surface area (Å²) in [6, 6.07) is 7.32. The van der Waals surface area contributed by atoms with E-state index in [2.05, 4.69) is 15.9 Å². The van der Waals surface area contributed by atoms with Gasteiger partial charge in [-0.05, 0) is 24.3 Å². The molecule has 0 unspecified atom stereocenters. The Morgan fingerprint density at radius 3 is 2.24 bits per heavy atom. The number of piperazine rings is 1. The fourth-order valence-corrected chi connectivity index (χ4v) is 2.07. The molecular formula is C12H13BrN2O2. The normalized spacial score (nSPS) is 15.8. The van der Waals surface area contributed by atoms with Crippen molar-refractivity contribution in [2.24, 2.45) is 0 Å². The molecule has 1 aromatic rings. The molecule has 0 bridgehead atoms. The highest BCUT2D eigenvalue weighted by molar-refractivity contribution is 9.10. The van der Waals surface area contributed by atoms with E-state index >= 15 is 0 Å². The number of benzene rings is 1. The van der Waals surface area contributed by atoms with Crippen LogP contribution in [0.3, 0.4) is 0 Å². The first kappa shape index (κ1) is 12.1. The zero-order valence-corrected chi connectivity index (χ0v) is 10.9. The molecule has 1 aliphatic rings. The van der Waals surface area contributed by atoms with E-state index in [1.165, 1.54) is 0 Å². The Bertz CT molecular complexity index is 411. The van der Waals surface area contributed by atoms with E-state index in [1.807, 2.05) is 12.1 Å². The Labute approximate surface area is 108 Å². The Kier molecular flexibility index (Phi) is 3.78. The average Bonchev–Trinajstić information content (AvgIpc) is 2.39. The lowest BCUT2D eigenvalue weighted by Crippen LogP contribution is -2.48. The lowest BCUT2D eigenvalue weighted by atomic mass is 10.2. The van der Waals surface area contributed by atoms with Crippen molar-refractivity contribution >= 4 is 28.2 Å². The number of carbonyl (C=O) groups is 2. The minimum absolute atomic E-state index is 0.0306. The van der Waals surface area contributed by atoms with Gasteiger partial charge in [-0.3, -0.25) is 9.59 Å². The first-order valence-corrected chi connectivity index (χ1v) is 6.24. The summed E-state index contributed by atoms with van der Waals surface area (Å²) in [5.74, 6) is 0.0306. The Hall–Kier alpha value is -1.36. The molecular weight excluding hydrogens is 284 g/mol. The number of halogens is 1. The van der Waals surface area contributed by atoms with Crippen LogP contribution >= 0.6 is 15.9 Å². The predicted octanol–water partition coefficient (Wildman–Crippen LogP) is 1.36. The summed E-state index contributed by atoms with van der Waals surface area (Å²) < 4.78 is 0.958. The molecule has 0 aliphatic carbocycles. The quantitative estimate of drug-likeness (QED) is 0.773. The Morgan fingerprint density at radius 2 is 1.71 bits per heavy atom. The lowest BCUT2D eigenvalue weighted by Gasteiger charge is -2.32. The summed E-state index contributed by atoms with van der Waals surface area (Å²) in [7, 11) is 0. The maximum absolute atomic E-state index is 12.1. The van der Waals surface area contributed by atoms with Crippen LogP contribution in [0.4, 0.5) is 0 Å². The van der Waals surface area contributed by atoms with Crippen molar-refractivity contribution in [1.29, 1.82) is 0 Å². The molecule has 0 radical (unpaired) electrons. The SMILES string of the molecule is O=CN1CCN(C(=O)c2ccc(Br)cc2)CC1. The summed E-state index contributed by atoms with van der Waals surface area (Å²) in [5, 5.41) is 0. The molecule has 90 valence electrons. The van der Waals surface area contributed by atoms with E-state index in [1.54, 1.807) is 21.9 Å². The van der Waals surface area contributed by atoms with Gasteiger partial charge in [0.15, 0.2) is 0 Å². The molecule has 1 aliphatic heterocycles. The van der Waals surface area contributed by atoms with E-state index in [0.717, 1.165) is 10.9 Å². The van der Waals surface area contributed by atoms with Gasteiger partial charge in [-0.1, -0.05) is 15.9 Å². The fraction of sp³-hybridized carbons (Fsp3) is 0.333. The van der Waals surface area contributed by atoms with Crippen LogP contribution in [0.15, 0.2) is 28.7 Å². The second-order valence-electron chi connectivity index (χ2n) is 3.94. The molecule has 0 atom stereocenters. The van der Waals surface area contributed by atoms with Crippen molar-refractivity contribution in [3.63, 3.8) is 0 Å². The van der Waals surface area contributed by atoms with E-state index in [9.17, 15) is 9.59 Å². The molecule has 4 nitrogen and oxygen atoms in total.